The molecule has 1 fully saturated rings. The zero-order valence-electron chi connectivity index (χ0n) is 8.50. The number of unbranched alkanes of at least 4 members (excludes halogenated alkanes) is 1. The van der Waals surface area contributed by atoms with Gasteiger partial charge in [-0.3, -0.25) is 0 Å². The molecule has 3 unspecified atom stereocenters. The molecule has 13 heavy (non-hydrogen) atoms. The van der Waals surface area contributed by atoms with Crippen molar-refractivity contribution < 1.29 is 9.53 Å². The molecule has 75 valence electrons. The van der Waals surface area contributed by atoms with Gasteiger partial charge in [-0.25, -0.2) is 0 Å². The average molecular weight is 248 g/mol. The number of carbonyl (C=O) groups excluding carboxylic acids is 1. The van der Waals surface area contributed by atoms with Crippen LogP contribution in [0.1, 0.15) is 40.0 Å². The van der Waals surface area contributed by atoms with Gasteiger partial charge in [-0.1, -0.05) is 0 Å². The SMILES string of the molecule is CCCCC1OC(=O)C(C)C1(C)[Se]. The van der Waals surface area contributed by atoms with E-state index in [1.165, 1.54) is 0 Å². The molecule has 0 N–H and O–H groups in total. The molecule has 1 heterocycles. The van der Waals surface area contributed by atoms with Crippen LogP contribution in [0.15, 0.2) is 0 Å². The maximum atomic E-state index is 11.3. The second-order valence-electron chi connectivity index (χ2n) is 3.97. The standard InChI is InChI=1S/C10H17O2Se/c1-4-5-6-8-10(3,13)7(2)9(11)12-8/h7-8H,4-6H2,1-3H3. The van der Waals surface area contributed by atoms with Crippen molar-refractivity contribution >= 4 is 22.0 Å². The zero-order valence-corrected chi connectivity index (χ0v) is 10.2. The number of hydrogen-bond acceptors (Lipinski definition) is 2. The Morgan fingerprint density at radius 1 is 1.62 bits per heavy atom. The molecule has 1 saturated heterocycles. The molecule has 0 amide bonds. The van der Waals surface area contributed by atoms with Gasteiger partial charge in [0.15, 0.2) is 0 Å². The van der Waals surface area contributed by atoms with Crippen molar-refractivity contribution in [2.24, 2.45) is 5.92 Å². The first-order valence-corrected chi connectivity index (χ1v) is 5.76. The summed E-state index contributed by atoms with van der Waals surface area (Å²) in [7, 11) is 0. The van der Waals surface area contributed by atoms with E-state index in [0.717, 1.165) is 19.3 Å². The van der Waals surface area contributed by atoms with Crippen molar-refractivity contribution in [3.8, 4) is 0 Å². The van der Waals surface area contributed by atoms with Gasteiger partial charge in [-0.15, -0.1) is 0 Å². The van der Waals surface area contributed by atoms with Crippen molar-refractivity contribution in [3.05, 3.63) is 0 Å². The third-order valence-electron chi connectivity index (χ3n) is 2.93. The number of cyclic esters (lactones) is 1. The van der Waals surface area contributed by atoms with Crippen molar-refractivity contribution in [1.82, 2.24) is 0 Å². The summed E-state index contributed by atoms with van der Waals surface area (Å²) >= 11 is 3.11. The Morgan fingerprint density at radius 3 is 2.62 bits per heavy atom. The molecule has 1 aliphatic heterocycles. The fraction of sp³-hybridized carbons (Fsp3) is 0.900. The minimum atomic E-state index is -0.105. The topological polar surface area (TPSA) is 26.3 Å². The van der Waals surface area contributed by atoms with Crippen LogP contribution < -0.4 is 0 Å². The van der Waals surface area contributed by atoms with E-state index in [4.69, 9.17) is 4.74 Å². The van der Waals surface area contributed by atoms with Gasteiger partial charge in [0.1, 0.15) is 0 Å². The molecule has 1 aliphatic rings. The van der Waals surface area contributed by atoms with Crippen LogP contribution >= 0.6 is 0 Å². The number of hydrogen-bond donors (Lipinski definition) is 0. The molecular weight excluding hydrogens is 231 g/mol. The third kappa shape index (κ3) is 2.08. The zero-order chi connectivity index (χ0) is 10.1. The number of rotatable bonds is 3. The second kappa shape index (κ2) is 4.02. The van der Waals surface area contributed by atoms with Gasteiger partial charge in [0.05, 0.1) is 0 Å². The number of esters is 1. The van der Waals surface area contributed by atoms with Gasteiger partial charge in [0, 0.05) is 0 Å². The Kier molecular flexibility index (Phi) is 3.42. The van der Waals surface area contributed by atoms with E-state index < -0.39 is 0 Å². The van der Waals surface area contributed by atoms with Crippen LogP contribution in [0.2, 0.25) is 4.31 Å². The number of carbonyl (C=O) groups is 1. The first kappa shape index (κ1) is 11.1. The number of ether oxygens (including phenoxy) is 1. The summed E-state index contributed by atoms with van der Waals surface area (Å²) in [5, 5.41) is 0. The molecule has 1 radical (unpaired) electrons. The van der Waals surface area contributed by atoms with Crippen LogP contribution in [-0.2, 0) is 9.53 Å². The van der Waals surface area contributed by atoms with E-state index in [1.807, 2.05) is 6.92 Å². The van der Waals surface area contributed by atoms with Gasteiger partial charge in [-0.05, 0) is 0 Å². The molecule has 0 spiro atoms. The molecule has 0 aromatic rings. The van der Waals surface area contributed by atoms with E-state index in [0.29, 0.717) is 0 Å². The molecule has 3 atom stereocenters. The van der Waals surface area contributed by atoms with E-state index in [9.17, 15) is 4.79 Å². The predicted octanol–water partition coefficient (Wildman–Crippen LogP) is 2.09. The van der Waals surface area contributed by atoms with Crippen molar-refractivity contribution in [1.29, 1.82) is 0 Å². The fourth-order valence-electron chi connectivity index (χ4n) is 1.61. The van der Waals surface area contributed by atoms with Gasteiger partial charge in [-0.2, -0.15) is 0 Å². The van der Waals surface area contributed by atoms with Gasteiger partial charge < -0.3 is 0 Å². The van der Waals surface area contributed by atoms with Crippen LogP contribution in [0.25, 0.3) is 0 Å². The minimum absolute atomic E-state index is 0.00523. The first-order chi connectivity index (χ1) is 6.00. The molecule has 0 aliphatic carbocycles. The van der Waals surface area contributed by atoms with E-state index in [-0.39, 0.29) is 22.3 Å². The van der Waals surface area contributed by atoms with Crippen LogP contribution in [0.5, 0.6) is 0 Å². The summed E-state index contributed by atoms with van der Waals surface area (Å²) in [6, 6.07) is 0. The molecule has 1 rings (SSSR count). The Balaban J connectivity index is 2.61. The van der Waals surface area contributed by atoms with Crippen LogP contribution in [0.3, 0.4) is 0 Å². The van der Waals surface area contributed by atoms with Crippen LogP contribution in [0, 0.1) is 5.92 Å². The summed E-state index contributed by atoms with van der Waals surface area (Å²) in [4.78, 5) is 11.3. The summed E-state index contributed by atoms with van der Waals surface area (Å²) in [6.07, 6.45) is 3.34. The van der Waals surface area contributed by atoms with Crippen LogP contribution in [-0.4, -0.2) is 28.1 Å². The third-order valence-corrected chi connectivity index (χ3v) is 4.22. The average Bonchev–Trinajstić information content (AvgIpc) is 2.26. The summed E-state index contributed by atoms with van der Waals surface area (Å²) in [5.41, 5.74) is 0. The van der Waals surface area contributed by atoms with Crippen molar-refractivity contribution in [3.63, 3.8) is 0 Å². The summed E-state index contributed by atoms with van der Waals surface area (Å²) in [6.45, 7) is 6.16. The van der Waals surface area contributed by atoms with Gasteiger partial charge in [0.2, 0.25) is 0 Å². The van der Waals surface area contributed by atoms with Crippen molar-refractivity contribution in [2.75, 3.05) is 0 Å². The van der Waals surface area contributed by atoms with E-state index >= 15 is 0 Å². The quantitative estimate of drug-likeness (QED) is 0.564. The normalized spacial score (nSPS) is 39.2. The molecule has 3 heteroatoms. The Labute approximate surface area is 88.2 Å². The monoisotopic (exact) mass is 249 g/mol. The van der Waals surface area contributed by atoms with Crippen molar-refractivity contribution in [2.45, 2.75) is 50.5 Å². The molecule has 2 nitrogen and oxygen atoms in total. The summed E-state index contributed by atoms with van der Waals surface area (Å²) in [5.74, 6) is -0.0586. The molecule has 0 aromatic carbocycles. The second-order valence-corrected chi connectivity index (χ2v) is 5.82. The molecule has 0 saturated carbocycles. The first-order valence-electron chi connectivity index (χ1n) is 4.91. The van der Waals surface area contributed by atoms with E-state index in [1.54, 1.807) is 0 Å². The van der Waals surface area contributed by atoms with Gasteiger partial charge >= 0.3 is 87.9 Å². The fourth-order valence-corrected chi connectivity index (χ4v) is 2.16. The maximum absolute atomic E-state index is 11.3. The van der Waals surface area contributed by atoms with E-state index in [2.05, 4.69) is 29.9 Å². The van der Waals surface area contributed by atoms with Crippen LogP contribution in [0.4, 0.5) is 0 Å². The van der Waals surface area contributed by atoms with Gasteiger partial charge in [0.25, 0.3) is 0 Å². The molecule has 0 bridgehead atoms. The Hall–Kier alpha value is -0.0105. The Morgan fingerprint density at radius 2 is 2.23 bits per heavy atom. The summed E-state index contributed by atoms with van der Waals surface area (Å²) < 4.78 is 5.22. The molecule has 0 aromatic heterocycles. The predicted molar refractivity (Wildman–Crippen MR) is 52.7 cm³/mol. The Bertz CT molecular complexity index is 201. The molecular formula is C10H17O2Se.